The van der Waals surface area contributed by atoms with Crippen LogP contribution in [0.3, 0.4) is 0 Å². The van der Waals surface area contributed by atoms with Crippen molar-refractivity contribution in [1.82, 2.24) is 0 Å². The number of ketones is 1. The Labute approximate surface area is 194 Å². The molecule has 0 heterocycles. The van der Waals surface area contributed by atoms with Crippen LogP contribution in [0, 0.1) is 23.2 Å². The summed E-state index contributed by atoms with van der Waals surface area (Å²) in [6, 6.07) is 8.61. The minimum atomic E-state index is -0.256. The molecule has 5 heteroatoms. The van der Waals surface area contributed by atoms with Gasteiger partial charge in [0.05, 0.1) is 0 Å². The molecule has 0 N–H and O–H groups in total. The second-order valence-corrected chi connectivity index (χ2v) is 11.4. The summed E-state index contributed by atoms with van der Waals surface area (Å²) in [5.74, 6) is 1.83. The molecule has 2 aliphatic rings. The van der Waals surface area contributed by atoms with E-state index in [1.54, 1.807) is 0 Å². The zero-order chi connectivity index (χ0) is 22.6. The highest BCUT2D eigenvalue weighted by Gasteiger charge is 2.52. The molecule has 0 spiro atoms. The predicted octanol–water partition coefficient (Wildman–Crippen LogP) is 6.09. The molecule has 4 radical (unpaired) electrons. The fraction of sp³-hybridized carbons (Fsp3) is 0.654. The van der Waals surface area contributed by atoms with Crippen molar-refractivity contribution >= 4 is 31.4 Å². The first-order valence-corrected chi connectivity index (χ1v) is 14.5. The Bertz CT molecular complexity index is 785. The molecule has 4 atom stereocenters. The van der Waals surface area contributed by atoms with Gasteiger partial charge in [-0.3, -0.25) is 4.79 Å². The minimum Gasteiger partial charge on any atom is -0.393 e. The van der Waals surface area contributed by atoms with Gasteiger partial charge in [0.1, 0.15) is 12.1 Å². The molecule has 31 heavy (non-hydrogen) atoms. The zero-order valence-electron chi connectivity index (χ0n) is 20.0. The van der Waals surface area contributed by atoms with Gasteiger partial charge in [-0.05, 0) is 67.2 Å². The van der Waals surface area contributed by atoms with E-state index >= 15 is 0 Å². The number of rotatable bonds is 9. The van der Waals surface area contributed by atoms with Gasteiger partial charge in [-0.25, -0.2) is 0 Å². The lowest BCUT2D eigenvalue weighted by Crippen LogP contribution is -2.40. The predicted molar refractivity (Wildman–Crippen MR) is 130 cm³/mol. The molecule has 2 saturated carbocycles. The fourth-order valence-corrected chi connectivity index (χ4v) is 7.32. The van der Waals surface area contributed by atoms with Crippen LogP contribution in [0.15, 0.2) is 30.3 Å². The molecule has 2 aliphatic carbocycles. The number of benzene rings is 1. The topological polar surface area (TPSA) is 35.5 Å². The molecule has 168 valence electrons. The highest BCUT2D eigenvalue weighted by Crippen LogP contribution is 2.56. The van der Waals surface area contributed by atoms with Crippen molar-refractivity contribution < 1.29 is 13.6 Å². The van der Waals surface area contributed by atoms with Crippen molar-refractivity contribution in [1.29, 1.82) is 0 Å². The maximum atomic E-state index is 12.5. The second kappa shape index (κ2) is 10.3. The number of carbonyl (C=O) groups is 1. The Kier molecular flexibility index (Phi) is 8.17. The van der Waals surface area contributed by atoms with Crippen LogP contribution in [-0.4, -0.2) is 31.6 Å². The maximum absolute atomic E-state index is 12.5. The van der Waals surface area contributed by atoms with Gasteiger partial charge in [0.15, 0.2) is 0 Å². The summed E-state index contributed by atoms with van der Waals surface area (Å²) in [6.45, 7) is 13.2. The summed E-state index contributed by atoms with van der Waals surface area (Å²) in [5.41, 5.74) is 2.41. The van der Waals surface area contributed by atoms with Crippen LogP contribution in [0.25, 0.3) is 6.08 Å². The van der Waals surface area contributed by atoms with Crippen molar-refractivity contribution in [3.8, 4) is 0 Å². The lowest BCUT2D eigenvalue weighted by Gasteiger charge is -2.41. The Balaban J connectivity index is 1.83. The third-order valence-corrected chi connectivity index (χ3v) is 8.74. The van der Waals surface area contributed by atoms with Crippen LogP contribution < -0.4 is 0 Å². The summed E-state index contributed by atoms with van der Waals surface area (Å²) in [6.07, 6.45) is 9.72. The Hall–Kier alpha value is -1.02. The van der Waals surface area contributed by atoms with Crippen LogP contribution in [0.5, 0.6) is 0 Å². The highest BCUT2D eigenvalue weighted by molar-refractivity contribution is 6.26. The first-order chi connectivity index (χ1) is 14.8. The normalized spacial score (nSPS) is 27.8. The monoisotopic (exact) mass is 454 g/mol. The van der Waals surface area contributed by atoms with E-state index in [4.69, 9.17) is 8.85 Å². The van der Waals surface area contributed by atoms with E-state index in [1.165, 1.54) is 24.0 Å². The van der Waals surface area contributed by atoms with Crippen molar-refractivity contribution in [2.75, 3.05) is 0 Å². The van der Waals surface area contributed by atoms with Gasteiger partial charge in [0, 0.05) is 17.8 Å². The Morgan fingerprint density at radius 1 is 1.16 bits per heavy atom. The van der Waals surface area contributed by atoms with Gasteiger partial charge < -0.3 is 8.85 Å². The summed E-state index contributed by atoms with van der Waals surface area (Å²) in [5, 5.41) is 0. The molecule has 0 amide bonds. The number of allylic oxidation sites excluding steroid dienone is 1. The van der Waals surface area contributed by atoms with Crippen molar-refractivity contribution in [2.24, 2.45) is 23.2 Å². The van der Waals surface area contributed by atoms with Crippen molar-refractivity contribution in [3.63, 3.8) is 0 Å². The van der Waals surface area contributed by atoms with Gasteiger partial charge in [-0.1, -0.05) is 64.1 Å². The summed E-state index contributed by atoms with van der Waals surface area (Å²) in [4.78, 5) is 12.5. The molecule has 2 fully saturated rings. The third-order valence-electron chi connectivity index (χ3n) is 7.84. The molecule has 3 rings (SSSR count). The highest BCUT2D eigenvalue weighted by atomic mass is 28.2. The van der Waals surface area contributed by atoms with Crippen molar-refractivity contribution in [3.05, 3.63) is 41.5 Å². The van der Waals surface area contributed by atoms with Gasteiger partial charge >= 0.3 is 0 Å². The lowest BCUT2D eigenvalue weighted by atomic mass is 9.62. The van der Waals surface area contributed by atoms with E-state index in [-0.39, 0.29) is 23.0 Å². The SMILES string of the molecule is C[Si]OC(O[Si]C)C(C)(C)c1ccccc1C=CC(C)C1CCC2C(=O)CCCC21C. The van der Waals surface area contributed by atoms with E-state index in [1.807, 2.05) is 13.1 Å². The van der Waals surface area contributed by atoms with E-state index in [0.717, 1.165) is 19.3 Å². The maximum Gasteiger partial charge on any atom is 0.229 e. The van der Waals surface area contributed by atoms with E-state index in [0.29, 0.717) is 37.1 Å². The van der Waals surface area contributed by atoms with E-state index < -0.39 is 0 Å². The Morgan fingerprint density at radius 2 is 1.84 bits per heavy atom. The number of hydrogen-bond acceptors (Lipinski definition) is 3. The summed E-state index contributed by atoms with van der Waals surface area (Å²) >= 11 is 0. The van der Waals surface area contributed by atoms with Gasteiger partial charge in [-0.2, -0.15) is 0 Å². The van der Waals surface area contributed by atoms with Crippen LogP contribution in [0.4, 0.5) is 0 Å². The molecule has 1 aromatic carbocycles. The average Bonchev–Trinajstić information content (AvgIpc) is 3.10. The first-order valence-electron chi connectivity index (χ1n) is 11.7. The molecule has 1 aromatic rings. The molecule has 0 aromatic heterocycles. The summed E-state index contributed by atoms with van der Waals surface area (Å²) in [7, 11) is 0.783. The standard InChI is InChI=1S/C26H38O3Si2/c1-18(20-15-16-22-23(27)12-9-17-26(20,22)4)13-14-19-10-7-8-11-21(19)25(2,3)24(28-30-5)29-31-6/h7-8,10-11,13-14,18,20,22,24H,9,12,15-17H2,1-6H3. The smallest absolute Gasteiger partial charge is 0.229 e. The molecule has 0 saturated heterocycles. The third kappa shape index (κ3) is 5.00. The second-order valence-electron chi connectivity index (χ2n) is 10.1. The molecule has 4 unspecified atom stereocenters. The van der Waals surface area contributed by atoms with Gasteiger partial charge in [0.2, 0.25) is 19.5 Å². The summed E-state index contributed by atoms with van der Waals surface area (Å²) < 4.78 is 12.0. The Morgan fingerprint density at radius 3 is 2.52 bits per heavy atom. The minimum absolute atomic E-state index is 0.175. The number of fused-ring (bicyclic) bond motifs is 1. The van der Waals surface area contributed by atoms with Crippen LogP contribution in [0.2, 0.25) is 13.1 Å². The van der Waals surface area contributed by atoms with Crippen LogP contribution in [-0.2, 0) is 19.1 Å². The number of hydrogen-bond donors (Lipinski definition) is 0. The largest absolute Gasteiger partial charge is 0.393 e. The zero-order valence-corrected chi connectivity index (χ0v) is 22.0. The quantitative estimate of drug-likeness (QED) is 0.334. The molecular weight excluding hydrogens is 416 g/mol. The number of Topliss-reactive ketones (excluding diaryl/α,β-unsaturated/α-hetero) is 1. The molecule has 3 nitrogen and oxygen atoms in total. The van der Waals surface area contributed by atoms with Crippen LogP contribution >= 0.6 is 0 Å². The average molecular weight is 455 g/mol. The van der Waals surface area contributed by atoms with Gasteiger partial charge in [0.25, 0.3) is 0 Å². The number of carbonyl (C=O) groups excluding carboxylic acids is 1. The fourth-order valence-electron chi connectivity index (χ4n) is 6.11. The molecule has 0 aliphatic heterocycles. The van der Waals surface area contributed by atoms with E-state index in [2.05, 4.69) is 64.1 Å². The van der Waals surface area contributed by atoms with Gasteiger partial charge in [-0.15, -0.1) is 0 Å². The van der Waals surface area contributed by atoms with E-state index in [9.17, 15) is 4.79 Å². The first kappa shape index (κ1) is 24.6. The van der Waals surface area contributed by atoms with Crippen LogP contribution in [0.1, 0.15) is 70.9 Å². The van der Waals surface area contributed by atoms with Crippen molar-refractivity contribution in [2.45, 2.75) is 84.6 Å². The lowest BCUT2D eigenvalue weighted by molar-refractivity contribution is -0.129. The molecule has 0 bridgehead atoms. The molecular formula is C26H38O3Si2.